The molecule has 3 aromatic rings. The van der Waals surface area contributed by atoms with E-state index in [2.05, 4.69) is 25.0 Å². The Bertz CT molecular complexity index is 841. The van der Waals surface area contributed by atoms with Gasteiger partial charge in [0.15, 0.2) is 5.65 Å². The molecular formula is C12H12N6O2. The van der Waals surface area contributed by atoms with Gasteiger partial charge in [0.1, 0.15) is 23.1 Å². The lowest BCUT2D eigenvalue weighted by molar-refractivity contribution is 0.300. The topological polar surface area (TPSA) is 91.6 Å². The zero-order chi connectivity index (χ0) is 13.7. The van der Waals surface area contributed by atoms with Crippen LogP contribution in [-0.2, 0) is 6.54 Å². The lowest BCUT2D eigenvalue weighted by Crippen LogP contribution is -2.21. The lowest BCUT2D eigenvalue weighted by Gasteiger charge is -2.03. The van der Waals surface area contributed by atoms with E-state index in [0.717, 1.165) is 12.8 Å². The minimum Gasteiger partial charge on any atom is -0.292 e. The number of fused-ring (bicyclic) bond motifs is 1. The fourth-order valence-corrected chi connectivity index (χ4v) is 2.22. The molecule has 1 saturated carbocycles. The summed E-state index contributed by atoms with van der Waals surface area (Å²) >= 11 is 0. The van der Waals surface area contributed by atoms with Crippen molar-refractivity contribution in [3.8, 4) is 0 Å². The predicted octanol–water partition coefficient (Wildman–Crippen LogP) is 0.668. The van der Waals surface area contributed by atoms with Gasteiger partial charge in [0, 0.05) is 0 Å². The zero-order valence-electron chi connectivity index (χ0n) is 10.9. The standard InChI is InChI=1S/C12H12N6O2/c1-7-10(16-20-15-7)5-17-6-13-11-9(12(17)19)4-14-18(11)8-2-3-8/h4,6,8H,2-3,5H2,1H3. The molecular weight excluding hydrogens is 260 g/mol. The summed E-state index contributed by atoms with van der Waals surface area (Å²) < 4.78 is 7.97. The molecule has 1 aliphatic carbocycles. The third-order valence-corrected chi connectivity index (χ3v) is 3.54. The van der Waals surface area contributed by atoms with Crippen LogP contribution in [-0.4, -0.2) is 29.6 Å². The Balaban J connectivity index is 1.80. The van der Waals surface area contributed by atoms with Gasteiger partial charge in [-0.1, -0.05) is 10.3 Å². The summed E-state index contributed by atoms with van der Waals surface area (Å²) in [4.78, 5) is 16.8. The first-order valence-electron chi connectivity index (χ1n) is 6.45. The van der Waals surface area contributed by atoms with Gasteiger partial charge in [-0.15, -0.1) is 0 Å². The number of hydrogen-bond acceptors (Lipinski definition) is 6. The maximum absolute atomic E-state index is 12.4. The van der Waals surface area contributed by atoms with Crippen molar-refractivity contribution in [1.29, 1.82) is 0 Å². The van der Waals surface area contributed by atoms with Gasteiger partial charge < -0.3 is 0 Å². The smallest absolute Gasteiger partial charge is 0.264 e. The number of rotatable bonds is 3. The normalized spacial score (nSPS) is 15.1. The number of nitrogens with zero attached hydrogens (tertiary/aromatic N) is 6. The second-order valence-electron chi connectivity index (χ2n) is 5.03. The molecule has 0 unspecified atom stereocenters. The number of aromatic nitrogens is 6. The maximum atomic E-state index is 12.4. The maximum Gasteiger partial charge on any atom is 0.264 e. The molecule has 0 atom stereocenters. The first-order chi connectivity index (χ1) is 9.74. The van der Waals surface area contributed by atoms with Crippen LogP contribution in [0.2, 0.25) is 0 Å². The highest BCUT2D eigenvalue weighted by atomic mass is 16.6. The minimum absolute atomic E-state index is 0.121. The van der Waals surface area contributed by atoms with Crippen LogP contribution in [0.1, 0.15) is 30.3 Å². The van der Waals surface area contributed by atoms with E-state index in [1.165, 1.54) is 10.9 Å². The molecule has 20 heavy (non-hydrogen) atoms. The van der Waals surface area contributed by atoms with Crippen LogP contribution in [0.5, 0.6) is 0 Å². The Labute approximate surface area is 113 Å². The molecule has 0 bridgehead atoms. The molecule has 0 amide bonds. The highest BCUT2D eigenvalue weighted by molar-refractivity contribution is 5.73. The first kappa shape index (κ1) is 11.3. The van der Waals surface area contributed by atoms with Crippen LogP contribution in [0.3, 0.4) is 0 Å². The number of hydrogen-bond donors (Lipinski definition) is 0. The van der Waals surface area contributed by atoms with Gasteiger partial charge in [0.2, 0.25) is 0 Å². The quantitative estimate of drug-likeness (QED) is 0.695. The highest BCUT2D eigenvalue weighted by Crippen LogP contribution is 2.35. The van der Waals surface area contributed by atoms with Crippen LogP contribution in [0.15, 0.2) is 21.9 Å². The Kier molecular flexibility index (Phi) is 2.26. The summed E-state index contributed by atoms with van der Waals surface area (Å²) in [6.45, 7) is 2.08. The fraction of sp³-hybridized carbons (Fsp3) is 0.417. The first-order valence-corrected chi connectivity index (χ1v) is 6.45. The largest absolute Gasteiger partial charge is 0.292 e. The molecule has 3 heterocycles. The summed E-state index contributed by atoms with van der Waals surface area (Å²) in [5.41, 5.74) is 1.83. The summed E-state index contributed by atoms with van der Waals surface area (Å²) in [6, 6.07) is 0.400. The molecule has 1 fully saturated rings. The summed E-state index contributed by atoms with van der Waals surface area (Å²) in [7, 11) is 0. The molecule has 1 aliphatic rings. The van der Waals surface area contributed by atoms with Gasteiger partial charge in [-0.25, -0.2) is 14.3 Å². The third-order valence-electron chi connectivity index (χ3n) is 3.54. The van der Waals surface area contributed by atoms with E-state index in [1.807, 2.05) is 4.68 Å². The van der Waals surface area contributed by atoms with Gasteiger partial charge in [0.25, 0.3) is 5.56 Å². The van der Waals surface area contributed by atoms with Gasteiger partial charge in [-0.3, -0.25) is 9.36 Å². The number of aryl methyl sites for hydroxylation is 1. The summed E-state index contributed by atoms with van der Waals surface area (Å²) in [5.74, 6) is 0. The molecule has 0 spiro atoms. The fourth-order valence-electron chi connectivity index (χ4n) is 2.22. The van der Waals surface area contributed by atoms with Crippen LogP contribution in [0, 0.1) is 6.92 Å². The van der Waals surface area contributed by atoms with Crippen molar-refractivity contribution in [2.45, 2.75) is 32.4 Å². The summed E-state index contributed by atoms with van der Waals surface area (Å²) in [6.07, 6.45) is 5.32. The van der Waals surface area contributed by atoms with Crippen LogP contribution < -0.4 is 5.56 Å². The second-order valence-corrected chi connectivity index (χ2v) is 5.03. The average molecular weight is 272 g/mol. The Morgan fingerprint density at radius 3 is 2.95 bits per heavy atom. The van der Waals surface area contributed by atoms with E-state index in [1.54, 1.807) is 13.1 Å². The SMILES string of the molecule is Cc1nonc1Cn1cnc2c(cnn2C2CC2)c1=O. The molecule has 8 heteroatoms. The van der Waals surface area contributed by atoms with Gasteiger partial charge in [-0.05, 0) is 19.8 Å². The van der Waals surface area contributed by atoms with E-state index >= 15 is 0 Å². The monoisotopic (exact) mass is 272 g/mol. The van der Waals surface area contributed by atoms with E-state index in [4.69, 9.17) is 0 Å². The molecule has 4 rings (SSSR count). The van der Waals surface area contributed by atoms with Gasteiger partial charge in [0.05, 0.1) is 18.8 Å². The molecule has 0 radical (unpaired) electrons. The average Bonchev–Trinajstić information content (AvgIpc) is 3.07. The minimum atomic E-state index is -0.121. The Morgan fingerprint density at radius 1 is 1.40 bits per heavy atom. The Hall–Kier alpha value is -2.51. The third kappa shape index (κ3) is 1.64. The van der Waals surface area contributed by atoms with E-state index < -0.39 is 0 Å². The van der Waals surface area contributed by atoms with Crippen molar-refractivity contribution in [2.24, 2.45) is 0 Å². The van der Waals surface area contributed by atoms with Gasteiger partial charge in [-0.2, -0.15) is 5.10 Å². The summed E-state index contributed by atoms with van der Waals surface area (Å²) in [5, 5.41) is 12.3. The van der Waals surface area contributed by atoms with Gasteiger partial charge >= 0.3 is 0 Å². The van der Waals surface area contributed by atoms with Crippen molar-refractivity contribution < 1.29 is 4.63 Å². The molecule has 8 nitrogen and oxygen atoms in total. The molecule has 0 saturated heterocycles. The zero-order valence-corrected chi connectivity index (χ0v) is 10.9. The van der Waals surface area contributed by atoms with Crippen molar-refractivity contribution >= 4 is 11.0 Å². The van der Waals surface area contributed by atoms with Crippen LogP contribution >= 0.6 is 0 Å². The predicted molar refractivity (Wildman–Crippen MR) is 68.2 cm³/mol. The second kappa shape index (κ2) is 3.99. The molecule has 102 valence electrons. The van der Waals surface area contributed by atoms with E-state index in [9.17, 15) is 4.79 Å². The molecule has 0 aromatic carbocycles. The van der Waals surface area contributed by atoms with Crippen molar-refractivity contribution in [1.82, 2.24) is 29.6 Å². The highest BCUT2D eigenvalue weighted by Gasteiger charge is 2.27. The van der Waals surface area contributed by atoms with E-state index in [-0.39, 0.29) is 5.56 Å². The van der Waals surface area contributed by atoms with Crippen molar-refractivity contribution in [2.75, 3.05) is 0 Å². The molecule has 0 N–H and O–H groups in total. The lowest BCUT2D eigenvalue weighted by atomic mass is 10.3. The van der Waals surface area contributed by atoms with Crippen molar-refractivity contribution in [3.05, 3.63) is 34.3 Å². The van der Waals surface area contributed by atoms with Crippen LogP contribution in [0.25, 0.3) is 11.0 Å². The van der Waals surface area contributed by atoms with Crippen molar-refractivity contribution in [3.63, 3.8) is 0 Å². The van der Waals surface area contributed by atoms with Crippen LogP contribution in [0.4, 0.5) is 0 Å². The Morgan fingerprint density at radius 2 is 2.25 bits per heavy atom. The molecule has 3 aromatic heterocycles. The van der Waals surface area contributed by atoms with E-state index in [0.29, 0.717) is 35.0 Å². The molecule has 0 aliphatic heterocycles.